The summed E-state index contributed by atoms with van der Waals surface area (Å²) in [6, 6.07) is 0. The maximum atomic E-state index is 6.16. The summed E-state index contributed by atoms with van der Waals surface area (Å²) in [5.41, 5.74) is 0.0859. The van der Waals surface area contributed by atoms with Crippen LogP contribution < -0.4 is 0 Å². The van der Waals surface area contributed by atoms with Crippen molar-refractivity contribution in [1.82, 2.24) is 0 Å². The van der Waals surface area contributed by atoms with Crippen molar-refractivity contribution in [3.05, 3.63) is 0 Å². The minimum absolute atomic E-state index is 0.0513. The maximum Gasteiger partial charge on any atom is 0.0772 e. The van der Waals surface area contributed by atoms with Gasteiger partial charge in [-0.25, -0.2) is 0 Å². The minimum atomic E-state index is -0.0513. The Labute approximate surface area is 120 Å². The van der Waals surface area contributed by atoms with Crippen LogP contribution in [0.25, 0.3) is 0 Å². The van der Waals surface area contributed by atoms with E-state index in [2.05, 4.69) is 43.4 Å². The first kappa shape index (κ1) is 15.7. The molecule has 0 saturated heterocycles. The van der Waals surface area contributed by atoms with Gasteiger partial charge in [-0.3, -0.25) is 0 Å². The highest BCUT2D eigenvalue weighted by Crippen LogP contribution is 2.32. The number of alkyl halides is 1. The monoisotopic (exact) mass is 354 g/mol. The summed E-state index contributed by atoms with van der Waals surface area (Å²) < 4.78 is 13.0. The average molecular weight is 354 g/mol. The summed E-state index contributed by atoms with van der Waals surface area (Å²) in [5, 5.41) is 0. The van der Waals surface area contributed by atoms with Gasteiger partial charge in [0.1, 0.15) is 0 Å². The Kier molecular flexibility index (Phi) is 6.74. The van der Waals surface area contributed by atoms with E-state index in [0.29, 0.717) is 6.61 Å². The molecule has 0 aromatic heterocycles. The maximum absolute atomic E-state index is 6.16. The molecular formula is C14H27IO2. The molecule has 0 aliphatic heterocycles. The molecule has 0 atom stereocenters. The lowest BCUT2D eigenvalue weighted by molar-refractivity contribution is -0.0870. The third-order valence-electron chi connectivity index (χ3n) is 3.28. The first-order valence-corrected chi connectivity index (χ1v) is 8.34. The van der Waals surface area contributed by atoms with Gasteiger partial charge in [0.15, 0.2) is 0 Å². The van der Waals surface area contributed by atoms with Gasteiger partial charge < -0.3 is 9.47 Å². The normalized spacial score (nSPS) is 21.2. The van der Waals surface area contributed by atoms with Crippen molar-refractivity contribution >= 4 is 22.6 Å². The molecule has 0 aromatic rings. The number of hydrogen-bond acceptors (Lipinski definition) is 2. The smallest absolute Gasteiger partial charge is 0.0772 e. The van der Waals surface area contributed by atoms with Gasteiger partial charge in [-0.1, -0.05) is 48.3 Å². The molecule has 2 nitrogen and oxygen atoms in total. The first-order valence-electron chi connectivity index (χ1n) is 6.81. The fourth-order valence-corrected chi connectivity index (χ4v) is 3.28. The first-order chi connectivity index (χ1) is 7.97. The summed E-state index contributed by atoms with van der Waals surface area (Å²) in [4.78, 5) is 0. The zero-order chi connectivity index (χ0) is 12.8. The highest BCUT2D eigenvalue weighted by Gasteiger charge is 2.30. The van der Waals surface area contributed by atoms with Crippen LogP contribution >= 0.6 is 22.6 Å². The zero-order valence-corrected chi connectivity index (χ0v) is 13.7. The average Bonchev–Trinajstić information content (AvgIpc) is 2.49. The van der Waals surface area contributed by atoms with Crippen molar-refractivity contribution in [3.63, 3.8) is 0 Å². The van der Waals surface area contributed by atoms with Crippen molar-refractivity contribution in [3.8, 4) is 0 Å². The molecule has 1 aliphatic rings. The molecule has 1 rings (SSSR count). The van der Waals surface area contributed by atoms with Crippen LogP contribution in [-0.2, 0) is 9.47 Å². The molecule has 0 heterocycles. The SMILES string of the molecule is CC(C)(C)OCCOC1(CI)CCCCCC1. The lowest BCUT2D eigenvalue weighted by Gasteiger charge is -2.31. The summed E-state index contributed by atoms with van der Waals surface area (Å²) in [5.74, 6) is 0. The van der Waals surface area contributed by atoms with Crippen molar-refractivity contribution in [2.24, 2.45) is 0 Å². The predicted octanol–water partition coefficient (Wildman–Crippen LogP) is 4.35. The Bertz CT molecular complexity index is 203. The van der Waals surface area contributed by atoms with E-state index >= 15 is 0 Å². The molecule has 0 N–H and O–H groups in total. The van der Waals surface area contributed by atoms with Gasteiger partial charge in [0, 0.05) is 4.43 Å². The summed E-state index contributed by atoms with van der Waals surface area (Å²) in [6.07, 6.45) is 7.85. The molecule has 0 aromatic carbocycles. The fraction of sp³-hybridized carbons (Fsp3) is 1.00. The standard InChI is InChI=1S/C14H27IO2/c1-13(2,3)16-10-11-17-14(12-15)8-6-4-5-7-9-14/h4-12H2,1-3H3. The largest absolute Gasteiger partial charge is 0.373 e. The van der Waals surface area contributed by atoms with E-state index in [4.69, 9.17) is 9.47 Å². The Morgan fingerprint density at radius 3 is 2.06 bits per heavy atom. The van der Waals surface area contributed by atoms with E-state index in [0.717, 1.165) is 11.0 Å². The molecule has 17 heavy (non-hydrogen) atoms. The molecule has 0 bridgehead atoms. The second-order valence-electron chi connectivity index (χ2n) is 6.04. The van der Waals surface area contributed by atoms with E-state index in [-0.39, 0.29) is 11.2 Å². The molecule has 0 radical (unpaired) electrons. The topological polar surface area (TPSA) is 18.5 Å². The second kappa shape index (κ2) is 7.29. The zero-order valence-electron chi connectivity index (χ0n) is 11.6. The third kappa shape index (κ3) is 6.39. The van der Waals surface area contributed by atoms with Gasteiger partial charge in [-0.05, 0) is 33.6 Å². The molecule has 0 unspecified atom stereocenters. The van der Waals surface area contributed by atoms with E-state index in [9.17, 15) is 0 Å². The number of hydrogen-bond donors (Lipinski definition) is 0. The van der Waals surface area contributed by atoms with Crippen LogP contribution in [0.4, 0.5) is 0 Å². The summed E-state index contributed by atoms with van der Waals surface area (Å²) in [7, 11) is 0. The Hall–Kier alpha value is 0.650. The van der Waals surface area contributed by atoms with E-state index < -0.39 is 0 Å². The molecule has 3 heteroatoms. The van der Waals surface area contributed by atoms with Crippen LogP contribution in [0.5, 0.6) is 0 Å². The molecule has 0 amide bonds. The fourth-order valence-electron chi connectivity index (χ4n) is 2.30. The van der Waals surface area contributed by atoms with Crippen LogP contribution in [0.3, 0.4) is 0 Å². The Morgan fingerprint density at radius 2 is 1.59 bits per heavy atom. The lowest BCUT2D eigenvalue weighted by atomic mass is 9.97. The van der Waals surface area contributed by atoms with Crippen LogP contribution in [0.2, 0.25) is 0 Å². The lowest BCUT2D eigenvalue weighted by Crippen LogP contribution is -2.36. The third-order valence-corrected chi connectivity index (χ3v) is 4.68. The van der Waals surface area contributed by atoms with E-state index in [1.165, 1.54) is 38.5 Å². The molecule has 1 aliphatic carbocycles. The van der Waals surface area contributed by atoms with Crippen LogP contribution in [0.15, 0.2) is 0 Å². The molecule has 1 fully saturated rings. The highest BCUT2D eigenvalue weighted by molar-refractivity contribution is 14.1. The number of ether oxygens (including phenoxy) is 2. The minimum Gasteiger partial charge on any atom is -0.373 e. The van der Waals surface area contributed by atoms with Crippen molar-refractivity contribution in [2.45, 2.75) is 70.5 Å². The van der Waals surface area contributed by atoms with Crippen LogP contribution in [0.1, 0.15) is 59.3 Å². The van der Waals surface area contributed by atoms with Gasteiger partial charge in [-0.15, -0.1) is 0 Å². The number of rotatable bonds is 5. The van der Waals surface area contributed by atoms with Crippen molar-refractivity contribution in [1.29, 1.82) is 0 Å². The quantitative estimate of drug-likeness (QED) is 0.316. The van der Waals surface area contributed by atoms with Gasteiger partial charge in [0.05, 0.1) is 24.4 Å². The molecule has 0 spiro atoms. The van der Waals surface area contributed by atoms with Gasteiger partial charge in [0.25, 0.3) is 0 Å². The Morgan fingerprint density at radius 1 is 1.00 bits per heavy atom. The van der Waals surface area contributed by atoms with Crippen molar-refractivity contribution in [2.75, 3.05) is 17.6 Å². The second-order valence-corrected chi connectivity index (χ2v) is 6.80. The molecule has 1 saturated carbocycles. The van der Waals surface area contributed by atoms with Gasteiger partial charge in [-0.2, -0.15) is 0 Å². The van der Waals surface area contributed by atoms with Crippen LogP contribution in [-0.4, -0.2) is 28.8 Å². The highest BCUT2D eigenvalue weighted by atomic mass is 127. The predicted molar refractivity (Wildman–Crippen MR) is 81.0 cm³/mol. The van der Waals surface area contributed by atoms with Gasteiger partial charge in [0.2, 0.25) is 0 Å². The number of halogens is 1. The Balaban J connectivity index is 2.30. The van der Waals surface area contributed by atoms with E-state index in [1.54, 1.807) is 0 Å². The van der Waals surface area contributed by atoms with Crippen molar-refractivity contribution < 1.29 is 9.47 Å². The molecule has 102 valence electrons. The summed E-state index contributed by atoms with van der Waals surface area (Å²) in [6.45, 7) is 7.72. The van der Waals surface area contributed by atoms with E-state index in [1.807, 2.05) is 0 Å². The van der Waals surface area contributed by atoms with Gasteiger partial charge >= 0.3 is 0 Å². The summed E-state index contributed by atoms with van der Waals surface area (Å²) >= 11 is 2.48. The molecular weight excluding hydrogens is 327 g/mol. The van der Waals surface area contributed by atoms with Crippen LogP contribution in [0, 0.1) is 0 Å².